The normalized spacial score (nSPS) is 16.1. The number of hydrogen-bond acceptors (Lipinski definition) is 3. The van der Waals surface area contributed by atoms with Gasteiger partial charge in [-0.1, -0.05) is 11.6 Å². The summed E-state index contributed by atoms with van der Waals surface area (Å²) in [6, 6.07) is 6.76. The molecule has 1 heterocycles. The van der Waals surface area contributed by atoms with Crippen LogP contribution >= 0.6 is 11.6 Å². The van der Waals surface area contributed by atoms with E-state index in [2.05, 4.69) is 5.32 Å². The predicted molar refractivity (Wildman–Crippen MR) is 83.9 cm³/mol. The summed E-state index contributed by atoms with van der Waals surface area (Å²) in [5, 5.41) is 3.42. The van der Waals surface area contributed by atoms with Crippen molar-refractivity contribution in [3.63, 3.8) is 0 Å². The topological polar surface area (TPSA) is 61.9 Å². The zero-order valence-electron chi connectivity index (χ0n) is 12.7. The minimum atomic E-state index is -0.459. The number of amides is 3. The van der Waals surface area contributed by atoms with Crippen molar-refractivity contribution in [3.8, 4) is 5.75 Å². The molecule has 0 aliphatic carbocycles. The van der Waals surface area contributed by atoms with Gasteiger partial charge in [0.1, 0.15) is 5.75 Å². The number of ether oxygens (including phenoxy) is 1. The number of halogens is 1. The van der Waals surface area contributed by atoms with Crippen molar-refractivity contribution < 1.29 is 14.3 Å². The van der Waals surface area contributed by atoms with Gasteiger partial charge in [0.05, 0.1) is 0 Å². The Balaban J connectivity index is 1.79. The van der Waals surface area contributed by atoms with E-state index in [4.69, 9.17) is 16.3 Å². The summed E-state index contributed by atoms with van der Waals surface area (Å²) < 4.78 is 5.61. The summed E-state index contributed by atoms with van der Waals surface area (Å²) in [5.74, 6) is 0.679. The number of piperazine rings is 1. The molecular weight excluding hydrogens is 306 g/mol. The van der Waals surface area contributed by atoms with E-state index < -0.39 is 6.23 Å². The van der Waals surface area contributed by atoms with Gasteiger partial charge in [0, 0.05) is 38.1 Å². The Bertz CT molecular complexity index is 527. The van der Waals surface area contributed by atoms with Crippen LogP contribution in [0, 0.1) is 0 Å². The molecule has 120 valence electrons. The lowest BCUT2D eigenvalue weighted by Crippen LogP contribution is -2.54. The minimum Gasteiger partial charge on any atom is -0.471 e. The molecule has 1 saturated heterocycles. The predicted octanol–water partition coefficient (Wildman–Crippen LogP) is 1.94. The smallest absolute Gasteiger partial charge is 0.320 e. The largest absolute Gasteiger partial charge is 0.471 e. The van der Waals surface area contributed by atoms with Gasteiger partial charge in [-0.25, -0.2) is 4.79 Å². The summed E-state index contributed by atoms with van der Waals surface area (Å²) in [4.78, 5) is 26.8. The van der Waals surface area contributed by atoms with E-state index in [-0.39, 0.29) is 11.9 Å². The van der Waals surface area contributed by atoms with Gasteiger partial charge in [-0.3, -0.25) is 4.79 Å². The molecule has 1 unspecified atom stereocenters. The molecule has 1 fully saturated rings. The van der Waals surface area contributed by atoms with E-state index in [9.17, 15) is 9.59 Å². The lowest BCUT2D eigenvalue weighted by Gasteiger charge is -2.34. The standard InChI is InChI=1S/C15H20ClN3O3/c1-11(22-14-5-3-13(16)4-6-14)17-15(21)19-9-7-18(8-10-19)12(2)20/h3-6,11H,7-10H2,1-2H3,(H,17,21). The lowest BCUT2D eigenvalue weighted by molar-refractivity contribution is -0.130. The van der Waals surface area contributed by atoms with Crippen LogP contribution in [0.15, 0.2) is 24.3 Å². The molecule has 1 aromatic rings. The summed E-state index contributed by atoms with van der Waals surface area (Å²) >= 11 is 5.81. The number of nitrogens with zero attached hydrogens (tertiary/aromatic N) is 2. The third kappa shape index (κ3) is 4.53. The van der Waals surface area contributed by atoms with E-state index in [0.717, 1.165) is 0 Å². The molecule has 0 aromatic heterocycles. The summed E-state index contributed by atoms with van der Waals surface area (Å²) in [6.45, 7) is 5.48. The summed E-state index contributed by atoms with van der Waals surface area (Å²) in [5.41, 5.74) is 0. The molecular formula is C15H20ClN3O3. The van der Waals surface area contributed by atoms with Crippen molar-refractivity contribution in [2.24, 2.45) is 0 Å². The Hall–Kier alpha value is -1.95. The molecule has 1 aromatic carbocycles. The van der Waals surface area contributed by atoms with Gasteiger partial charge >= 0.3 is 6.03 Å². The van der Waals surface area contributed by atoms with Crippen LogP contribution in [0.5, 0.6) is 5.75 Å². The Morgan fingerprint density at radius 3 is 2.23 bits per heavy atom. The minimum absolute atomic E-state index is 0.0412. The Morgan fingerprint density at radius 1 is 1.14 bits per heavy atom. The number of benzene rings is 1. The molecule has 0 bridgehead atoms. The SMILES string of the molecule is CC(=O)N1CCN(C(=O)NC(C)Oc2ccc(Cl)cc2)CC1. The maximum Gasteiger partial charge on any atom is 0.320 e. The zero-order valence-corrected chi connectivity index (χ0v) is 13.5. The quantitative estimate of drug-likeness (QED) is 0.864. The lowest BCUT2D eigenvalue weighted by atomic mass is 10.3. The molecule has 3 amide bonds. The molecule has 0 radical (unpaired) electrons. The van der Waals surface area contributed by atoms with Crippen LogP contribution in [0.1, 0.15) is 13.8 Å². The number of rotatable bonds is 3. The van der Waals surface area contributed by atoms with Crippen LogP contribution < -0.4 is 10.1 Å². The number of carbonyl (C=O) groups is 2. The van der Waals surface area contributed by atoms with Crippen molar-refractivity contribution >= 4 is 23.5 Å². The van der Waals surface area contributed by atoms with E-state index in [1.54, 1.807) is 41.0 Å². The van der Waals surface area contributed by atoms with Crippen molar-refractivity contribution in [3.05, 3.63) is 29.3 Å². The molecule has 7 heteroatoms. The first kappa shape index (κ1) is 16.4. The Morgan fingerprint density at radius 2 is 1.68 bits per heavy atom. The van der Waals surface area contributed by atoms with E-state index in [0.29, 0.717) is 37.0 Å². The van der Waals surface area contributed by atoms with Crippen molar-refractivity contribution in [1.82, 2.24) is 15.1 Å². The third-order valence-corrected chi connectivity index (χ3v) is 3.72. The molecule has 0 saturated carbocycles. The highest BCUT2D eigenvalue weighted by Gasteiger charge is 2.23. The first-order chi connectivity index (χ1) is 10.5. The van der Waals surface area contributed by atoms with Crippen LogP contribution in [0.25, 0.3) is 0 Å². The number of nitrogens with one attached hydrogen (secondary N) is 1. The fraction of sp³-hybridized carbons (Fsp3) is 0.467. The molecule has 2 rings (SSSR count). The van der Waals surface area contributed by atoms with E-state index in [1.165, 1.54) is 6.92 Å². The van der Waals surface area contributed by atoms with Crippen LogP contribution in [-0.4, -0.2) is 54.1 Å². The van der Waals surface area contributed by atoms with Gasteiger partial charge in [0.2, 0.25) is 5.91 Å². The molecule has 1 aliphatic rings. The molecule has 0 spiro atoms. The van der Waals surface area contributed by atoms with E-state index >= 15 is 0 Å². The van der Waals surface area contributed by atoms with Gasteiger partial charge in [-0.05, 0) is 31.2 Å². The second-order valence-electron chi connectivity index (χ2n) is 5.16. The maximum absolute atomic E-state index is 12.1. The van der Waals surface area contributed by atoms with E-state index in [1.807, 2.05) is 0 Å². The molecule has 1 aliphatic heterocycles. The van der Waals surface area contributed by atoms with Crippen LogP contribution in [0.3, 0.4) is 0 Å². The second kappa shape index (κ2) is 7.35. The number of urea groups is 1. The number of carbonyl (C=O) groups excluding carboxylic acids is 2. The highest BCUT2D eigenvalue weighted by Crippen LogP contribution is 2.16. The first-order valence-electron chi connectivity index (χ1n) is 7.19. The molecule has 1 atom stereocenters. The average molecular weight is 326 g/mol. The zero-order chi connectivity index (χ0) is 16.1. The van der Waals surface area contributed by atoms with Gasteiger partial charge in [-0.15, -0.1) is 0 Å². The monoisotopic (exact) mass is 325 g/mol. The van der Waals surface area contributed by atoms with Crippen molar-refractivity contribution in [2.75, 3.05) is 26.2 Å². The second-order valence-corrected chi connectivity index (χ2v) is 5.59. The highest BCUT2D eigenvalue weighted by molar-refractivity contribution is 6.30. The number of hydrogen-bond donors (Lipinski definition) is 1. The van der Waals surface area contributed by atoms with Gasteiger partial charge < -0.3 is 19.9 Å². The third-order valence-electron chi connectivity index (χ3n) is 3.47. The average Bonchev–Trinajstić information content (AvgIpc) is 2.49. The Labute approximate surface area is 135 Å². The molecule has 1 N–H and O–H groups in total. The maximum atomic E-state index is 12.1. The van der Waals surface area contributed by atoms with Crippen LogP contribution in [-0.2, 0) is 4.79 Å². The van der Waals surface area contributed by atoms with Gasteiger partial charge in [0.15, 0.2) is 6.23 Å². The van der Waals surface area contributed by atoms with Crippen LogP contribution in [0.2, 0.25) is 5.02 Å². The van der Waals surface area contributed by atoms with Gasteiger partial charge in [0.25, 0.3) is 0 Å². The van der Waals surface area contributed by atoms with Crippen LogP contribution in [0.4, 0.5) is 4.79 Å². The summed E-state index contributed by atoms with van der Waals surface area (Å²) in [6.07, 6.45) is -0.459. The first-order valence-corrected chi connectivity index (χ1v) is 7.56. The van der Waals surface area contributed by atoms with Gasteiger partial charge in [-0.2, -0.15) is 0 Å². The Kier molecular flexibility index (Phi) is 5.49. The summed E-state index contributed by atoms with van der Waals surface area (Å²) in [7, 11) is 0. The highest BCUT2D eigenvalue weighted by atomic mass is 35.5. The van der Waals surface area contributed by atoms with Crippen molar-refractivity contribution in [2.45, 2.75) is 20.1 Å². The fourth-order valence-electron chi connectivity index (χ4n) is 2.24. The van der Waals surface area contributed by atoms with Crippen molar-refractivity contribution in [1.29, 1.82) is 0 Å². The molecule has 22 heavy (non-hydrogen) atoms. The fourth-order valence-corrected chi connectivity index (χ4v) is 2.36. The molecule has 6 nitrogen and oxygen atoms in total.